The Balaban J connectivity index is 1.69. The van der Waals surface area contributed by atoms with E-state index in [1.165, 1.54) is 13.2 Å². The molecule has 27 heavy (non-hydrogen) atoms. The highest BCUT2D eigenvalue weighted by Crippen LogP contribution is 2.27. The normalized spacial score (nSPS) is 10.7. The van der Waals surface area contributed by atoms with E-state index in [1.807, 2.05) is 6.07 Å². The number of methoxy groups -OCH3 is 1. The number of benzene rings is 1. The summed E-state index contributed by atoms with van der Waals surface area (Å²) in [7, 11) is 1.50. The van der Waals surface area contributed by atoms with Gasteiger partial charge in [-0.15, -0.1) is 11.3 Å². The molecule has 9 heteroatoms. The van der Waals surface area contributed by atoms with E-state index in [-0.39, 0.29) is 17.9 Å². The highest BCUT2D eigenvalue weighted by molar-refractivity contribution is 7.14. The lowest BCUT2D eigenvalue weighted by molar-refractivity contribution is -0.119. The Hall–Kier alpha value is -3.17. The van der Waals surface area contributed by atoms with Gasteiger partial charge in [-0.05, 0) is 17.5 Å². The molecule has 3 rings (SSSR count). The van der Waals surface area contributed by atoms with Crippen molar-refractivity contribution in [3.63, 3.8) is 0 Å². The molecule has 3 aromatic rings. The van der Waals surface area contributed by atoms with Crippen molar-refractivity contribution in [2.24, 2.45) is 5.73 Å². The molecule has 2 amide bonds. The second kappa shape index (κ2) is 8.02. The van der Waals surface area contributed by atoms with E-state index in [4.69, 9.17) is 19.6 Å². The fraction of sp³-hybridized carbons (Fsp3) is 0.167. The summed E-state index contributed by atoms with van der Waals surface area (Å²) in [4.78, 5) is 35.7. The molecule has 0 unspecified atom stereocenters. The van der Waals surface area contributed by atoms with Crippen LogP contribution in [0.5, 0.6) is 0 Å². The molecular formula is C18H16N2O6S. The van der Waals surface area contributed by atoms with Gasteiger partial charge < -0.3 is 24.9 Å². The smallest absolute Gasteiger partial charge is 0.375 e. The van der Waals surface area contributed by atoms with Crippen molar-refractivity contribution >= 4 is 45.1 Å². The minimum Gasteiger partial charge on any atom is -0.450 e. The average molecular weight is 388 g/mol. The van der Waals surface area contributed by atoms with E-state index >= 15 is 0 Å². The molecule has 0 fully saturated rings. The lowest BCUT2D eigenvalue weighted by atomic mass is 10.1. The molecule has 0 radical (unpaired) electrons. The number of nitrogens with two attached hydrogens (primary N) is 1. The number of rotatable bonds is 7. The Labute approximate surface area is 157 Å². The van der Waals surface area contributed by atoms with Crippen LogP contribution in [0.25, 0.3) is 11.0 Å². The fourth-order valence-corrected chi connectivity index (χ4v) is 3.32. The zero-order chi connectivity index (χ0) is 19.4. The first-order valence-corrected chi connectivity index (χ1v) is 8.72. The summed E-state index contributed by atoms with van der Waals surface area (Å²) >= 11 is 1.14. The third-order valence-electron chi connectivity index (χ3n) is 3.69. The maximum atomic E-state index is 12.4. The number of carbonyl (C=O) groups excluding carboxylic acids is 3. The summed E-state index contributed by atoms with van der Waals surface area (Å²) in [5, 5.41) is 5.14. The van der Waals surface area contributed by atoms with Gasteiger partial charge in [0.05, 0.1) is 12.2 Å². The molecule has 0 aliphatic rings. The molecule has 3 N–H and O–H groups in total. The van der Waals surface area contributed by atoms with Gasteiger partial charge >= 0.3 is 5.97 Å². The maximum absolute atomic E-state index is 12.4. The summed E-state index contributed by atoms with van der Waals surface area (Å²) in [5.41, 5.74) is 6.48. The van der Waals surface area contributed by atoms with Crippen LogP contribution >= 0.6 is 11.3 Å². The van der Waals surface area contributed by atoms with Gasteiger partial charge in [0, 0.05) is 18.1 Å². The predicted molar refractivity (Wildman–Crippen MR) is 98.7 cm³/mol. The topological polar surface area (TPSA) is 121 Å². The standard InChI is InChI=1S/C18H16N2O6S/c1-24-8-12-10-4-2-3-5-13(10)26-15(12)18(23)25-9-14(21)20-17-11(16(19)22)6-7-27-17/h2-7H,8-9H2,1H3,(H2,19,22)(H,20,21). The molecule has 2 aromatic heterocycles. The number of nitrogens with one attached hydrogen (secondary N) is 1. The molecule has 0 saturated carbocycles. The van der Waals surface area contributed by atoms with Gasteiger partial charge in [-0.25, -0.2) is 4.79 Å². The number of ether oxygens (including phenoxy) is 2. The van der Waals surface area contributed by atoms with Gasteiger partial charge in [-0.3, -0.25) is 9.59 Å². The number of esters is 1. The van der Waals surface area contributed by atoms with Crippen LogP contribution in [0.2, 0.25) is 0 Å². The van der Waals surface area contributed by atoms with Gasteiger partial charge in [-0.2, -0.15) is 0 Å². The van der Waals surface area contributed by atoms with Gasteiger partial charge in [0.25, 0.3) is 11.8 Å². The van der Waals surface area contributed by atoms with E-state index < -0.39 is 24.4 Å². The molecule has 0 saturated heterocycles. The predicted octanol–water partition coefficient (Wildman–Crippen LogP) is 2.54. The molecule has 0 spiro atoms. The Morgan fingerprint density at radius 3 is 2.74 bits per heavy atom. The SMILES string of the molecule is COCc1c(C(=O)OCC(=O)Nc2sccc2C(N)=O)oc2ccccc12. The van der Waals surface area contributed by atoms with Crippen LogP contribution in [0.15, 0.2) is 40.1 Å². The maximum Gasteiger partial charge on any atom is 0.375 e. The van der Waals surface area contributed by atoms with Crippen LogP contribution in [-0.4, -0.2) is 31.5 Å². The highest BCUT2D eigenvalue weighted by atomic mass is 32.1. The second-order valence-electron chi connectivity index (χ2n) is 5.49. The zero-order valence-corrected chi connectivity index (χ0v) is 15.1. The van der Waals surface area contributed by atoms with Gasteiger partial charge in [-0.1, -0.05) is 18.2 Å². The lowest BCUT2D eigenvalue weighted by Gasteiger charge is -2.06. The minimum atomic E-state index is -0.783. The van der Waals surface area contributed by atoms with Crippen molar-refractivity contribution in [1.29, 1.82) is 0 Å². The van der Waals surface area contributed by atoms with E-state index in [1.54, 1.807) is 23.6 Å². The highest BCUT2D eigenvalue weighted by Gasteiger charge is 2.23. The van der Waals surface area contributed by atoms with Crippen LogP contribution in [0, 0.1) is 0 Å². The summed E-state index contributed by atoms with van der Waals surface area (Å²) < 4.78 is 15.7. The number of hydrogen-bond acceptors (Lipinski definition) is 7. The van der Waals surface area contributed by atoms with Gasteiger partial charge in [0.2, 0.25) is 5.76 Å². The number of para-hydroxylation sites is 1. The van der Waals surface area contributed by atoms with Crippen molar-refractivity contribution in [3.05, 3.63) is 52.6 Å². The number of primary amides is 1. The summed E-state index contributed by atoms with van der Waals surface area (Å²) in [6, 6.07) is 8.62. The Bertz CT molecular complexity index is 1010. The summed E-state index contributed by atoms with van der Waals surface area (Å²) in [6.45, 7) is -0.386. The lowest BCUT2D eigenvalue weighted by Crippen LogP contribution is -2.22. The van der Waals surface area contributed by atoms with Crippen LogP contribution in [0.1, 0.15) is 26.5 Å². The molecule has 140 valence electrons. The molecule has 0 atom stereocenters. The Morgan fingerprint density at radius 1 is 1.22 bits per heavy atom. The fourth-order valence-electron chi connectivity index (χ4n) is 2.51. The van der Waals surface area contributed by atoms with Crippen LogP contribution in [-0.2, 0) is 20.9 Å². The molecule has 2 heterocycles. The number of fused-ring (bicyclic) bond motifs is 1. The van der Waals surface area contributed by atoms with Crippen molar-refractivity contribution < 1.29 is 28.3 Å². The van der Waals surface area contributed by atoms with E-state index in [0.717, 1.165) is 16.7 Å². The van der Waals surface area contributed by atoms with Crippen molar-refractivity contribution in [2.75, 3.05) is 19.0 Å². The Morgan fingerprint density at radius 2 is 2.00 bits per heavy atom. The zero-order valence-electron chi connectivity index (χ0n) is 14.3. The molecule has 8 nitrogen and oxygen atoms in total. The average Bonchev–Trinajstić information content (AvgIpc) is 3.25. The number of amides is 2. The number of anilines is 1. The van der Waals surface area contributed by atoms with Crippen LogP contribution in [0.3, 0.4) is 0 Å². The first-order chi connectivity index (χ1) is 13.0. The largest absolute Gasteiger partial charge is 0.450 e. The molecular weight excluding hydrogens is 372 g/mol. The second-order valence-corrected chi connectivity index (χ2v) is 6.41. The molecule has 0 aliphatic heterocycles. The number of furan rings is 1. The van der Waals surface area contributed by atoms with Crippen LogP contribution < -0.4 is 11.1 Å². The molecule has 0 aliphatic carbocycles. The summed E-state index contributed by atoms with van der Waals surface area (Å²) in [5.74, 6) is -2.05. The first-order valence-electron chi connectivity index (χ1n) is 7.85. The molecule has 0 bridgehead atoms. The van der Waals surface area contributed by atoms with Gasteiger partial charge in [0.1, 0.15) is 10.6 Å². The van der Waals surface area contributed by atoms with E-state index in [0.29, 0.717) is 16.1 Å². The minimum absolute atomic E-state index is 0.0141. The quantitative estimate of drug-likeness (QED) is 0.600. The first kappa shape index (κ1) is 18.6. The van der Waals surface area contributed by atoms with Crippen molar-refractivity contribution in [3.8, 4) is 0 Å². The monoisotopic (exact) mass is 388 g/mol. The van der Waals surface area contributed by atoms with Gasteiger partial charge in [0.15, 0.2) is 6.61 Å². The summed E-state index contributed by atoms with van der Waals surface area (Å²) in [6.07, 6.45) is 0. The third kappa shape index (κ3) is 3.99. The van der Waals surface area contributed by atoms with Crippen molar-refractivity contribution in [2.45, 2.75) is 6.61 Å². The number of hydrogen-bond donors (Lipinski definition) is 2. The third-order valence-corrected chi connectivity index (χ3v) is 4.52. The number of thiophene rings is 1. The van der Waals surface area contributed by atoms with Crippen LogP contribution in [0.4, 0.5) is 5.00 Å². The van der Waals surface area contributed by atoms with E-state index in [2.05, 4.69) is 5.32 Å². The van der Waals surface area contributed by atoms with Crippen molar-refractivity contribution in [1.82, 2.24) is 0 Å². The number of carbonyl (C=O) groups is 3. The van der Waals surface area contributed by atoms with E-state index in [9.17, 15) is 14.4 Å². The molecule has 1 aromatic carbocycles. The Kier molecular flexibility index (Phi) is 5.53.